The van der Waals surface area contributed by atoms with E-state index in [0.29, 0.717) is 11.5 Å². The van der Waals surface area contributed by atoms with Crippen molar-refractivity contribution in [2.75, 3.05) is 0 Å². The largest absolute Gasteiger partial charge is 0.508 e. The van der Waals surface area contributed by atoms with Gasteiger partial charge in [0, 0.05) is 9.49 Å². The molecule has 0 aliphatic carbocycles. The SMILES string of the molecule is Cc1cc(C(c2ccc(I)cc2)c2cc(C)c(O)c(C)c2)ccc1O. The second-order valence-corrected chi connectivity index (χ2v) is 7.78. The molecule has 3 aromatic carbocycles. The van der Waals surface area contributed by atoms with E-state index in [0.717, 1.165) is 27.8 Å². The zero-order valence-corrected chi connectivity index (χ0v) is 16.7. The zero-order valence-electron chi connectivity index (χ0n) is 14.5. The molecule has 1 unspecified atom stereocenters. The summed E-state index contributed by atoms with van der Waals surface area (Å²) in [6.07, 6.45) is 0. The Balaban J connectivity index is 2.21. The van der Waals surface area contributed by atoms with Crippen LogP contribution < -0.4 is 0 Å². The number of hydrogen-bond acceptors (Lipinski definition) is 2. The lowest BCUT2D eigenvalue weighted by molar-refractivity contribution is 0.466. The maximum absolute atomic E-state index is 10.1. The fourth-order valence-electron chi connectivity index (χ4n) is 3.25. The first-order valence-corrected chi connectivity index (χ1v) is 9.30. The molecule has 3 aromatic rings. The summed E-state index contributed by atoms with van der Waals surface area (Å²) in [5, 5.41) is 20.0. The summed E-state index contributed by atoms with van der Waals surface area (Å²) >= 11 is 2.31. The number of halogens is 1. The Morgan fingerprint density at radius 1 is 0.680 bits per heavy atom. The Bertz CT molecular complexity index is 891. The summed E-state index contributed by atoms with van der Waals surface area (Å²) < 4.78 is 1.19. The highest BCUT2D eigenvalue weighted by atomic mass is 127. The van der Waals surface area contributed by atoms with E-state index in [9.17, 15) is 10.2 Å². The summed E-state index contributed by atoms with van der Waals surface area (Å²) in [7, 11) is 0. The number of rotatable bonds is 3. The van der Waals surface area contributed by atoms with E-state index in [1.165, 1.54) is 9.13 Å². The zero-order chi connectivity index (χ0) is 18.1. The van der Waals surface area contributed by atoms with Crippen molar-refractivity contribution in [3.63, 3.8) is 0 Å². The first kappa shape index (κ1) is 17.8. The third kappa shape index (κ3) is 3.66. The molecule has 0 aliphatic rings. The maximum Gasteiger partial charge on any atom is 0.121 e. The molecule has 0 heterocycles. The fraction of sp³-hybridized carbons (Fsp3) is 0.182. The lowest BCUT2D eigenvalue weighted by atomic mass is 9.83. The van der Waals surface area contributed by atoms with Gasteiger partial charge in [-0.25, -0.2) is 0 Å². The van der Waals surface area contributed by atoms with Gasteiger partial charge in [-0.05, 0) is 94.9 Å². The third-order valence-corrected chi connectivity index (χ3v) is 5.32. The van der Waals surface area contributed by atoms with Crippen LogP contribution in [0.3, 0.4) is 0 Å². The van der Waals surface area contributed by atoms with Crippen LogP contribution in [0.4, 0.5) is 0 Å². The van der Waals surface area contributed by atoms with Gasteiger partial charge in [0.1, 0.15) is 11.5 Å². The van der Waals surface area contributed by atoms with Crippen molar-refractivity contribution in [1.82, 2.24) is 0 Å². The second kappa shape index (κ2) is 7.08. The highest BCUT2D eigenvalue weighted by Gasteiger charge is 2.19. The van der Waals surface area contributed by atoms with Gasteiger partial charge in [0.25, 0.3) is 0 Å². The molecule has 1 atom stereocenters. The first-order valence-electron chi connectivity index (χ1n) is 8.22. The first-order chi connectivity index (χ1) is 11.9. The Labute approximate surface area is 162 Å². The van der Waals surface area contributed by atoms with Crippen molar-refractivity contribution in [1.29, 1.82) is 0 Å². The molecule has 0 radical (unpaired) electrons. The molecule has 2 N–H and O–H groups in total. The van der Waals surface area contributed by atoms with Crippen molar-refractivity contribution in [2.24, 2.45) is 0 Å². The van der Waals surface area contributed by atoms with Gasteiger partial charge in [-0.1, -0.05) is 36.4 Å². The van der Waals surface area contributed by atoms with E-state index < -0.39 is 0 Å². The number of phenols is 2. The van der Waals surface area contributed by atoms with Crippen molar-refractivity contribution in [3.8, 4) is 11.5 Å². The average molecular weight is 444 g/mol. The molecule has 25 heavy (non-hydrogen) atoms. The van der Waals surface area contributed by atoms with Crippen LogP contribution in [0.5, 0.6) is 11.5 Å². The Kier molecular flexibility index (Phi) is 5.04. The molecule has 0 aliphatic heterocycles. The lowest BCUT2D eigenvalue weighted by Gasteiger charge is -2.21. The number of aromatic hydroxyl groups is 2. The van der Waals surface area contributed by atoms with Crippen molar-refractivity contribution >= 4 is 22.6 Å². The van der Waals surface area contributed by atoms with Crippen LogP contribution in [0.15, 0.2) is 54.6 Å². The molecule has 3 heteroatoms. The molecular weight excluding hydrogens is 423 g/mol. The number of benzene rings is 3. The van der Waals surface area contributed by atoms with Crippen LogP contribution in [0.2, 0.25) is 0 Å². The van der Waals surface area contributed by atoms with Crippen LogP contribution >= 0.6 is 22.6 Å². The minimum atomic E-state index is 0.0503. The summed E-state index contributed by atoms with van der Waals surface area (Å²) in [5.41, 5.74) is 6.07. The number of hydrogen-bond donors (Lipinski definition) is 2. The van der Waals surface area contributed by atoms with Gasteiger partial charge in [-0.2, -0.15) is 0 Å². The predicted molar refractivity (Wildman–Crippen MR) is 111 cm³/mol. The van der Waals surface area contributed by atoms with E-state index in [2.05, 4.69) is 46.9 Å². The highest BCUT2D eigenvalue weighted by molar-refractivity contribution is 14.1. The summed E-state index contributed by atoms with van der Waals surface area (Å²) in [6.45, 7) is 5.77. The van der Waals surface area contributed by atoms with Crippen LogP contribution in [0.25, 0.3) is 0 Å². The Morgan fingerprint density at radius 3 is 1.76 bits per heavy atom. The van der Waals surface area contributed by atoms with Crippen LogP contribution in [-0.4, -0.2) is 10.2 Å². The minimum Gasteiger partial charge on any atom is -0.508 e. The van der Waals surface area contributed by atoms with Gasteiger partial charge in [0.2, 0.25) is 0 Å². The normalized spacial score (nSPS) is 12.2. The molecule has 3 rings (SSSR count). The van der Waals surface area contributed by atoms with Gasteiger partial charge < -0.3 is 10.2 Å². The molecule has 0 amide bonds. The molecular formula is C22H21IO2. The Hall–Kier alpha value is -2.01. The highest BCUT2D eigenvalue weighted by Crippen LogP contribution is 2.37. The molecule has 0 spiro atoms. The smallest absolute Gasteiger partial charge is 0.121 e. The van der Waals surface area contributed by atoms with Crippen molar-refractivity contribution in [2.45, 2.75) is 26.7 Å². The summed E-state index contributed by atoms with van der Waals surface area (Å²) in [6, 6.07) is 18.4. The van der Waals surface area contributed by atoms with E-state index in [-0.39, 0.29) is 5.92 Å². The predicted octanol–water partition coefficient (Wildman–Crippen LogP) is 5.81. The molecule has 0 bridgehead atoms. The Morgan fingerprint density at radius 2 is 1.20 bits per heavy atom. The molecule has 0 fully saturated rings. The second-order valence-electron chi connectivity index (χ2n) is 6.53. The monoisotopic (exact) mass is 444 g/mol. The number of aryl methyl sites for hydroxylation is 3. The van der Waals surface area contributed by atoms with E-state index in [4.69, 9.17) is 0 Å². The van der Waals surface area contributed by atoms with Gasteiger partial charge in [0.05, 0.1) is 0 Å². The van der Waals surface area contributed by atoms with Crippen LogP contribution in [0, 0.1) is 24.3 Å². The fourth-order valence-corrected chi connectivity index (χ4v) is 3.61. The molecule has 0 saturated heterocycles. The standard InChI is InChI=1S/C22H21IO2/c1-13-10-17(6-9-20(13)24)21(16-4-7-19(23)8-5-16)18-11-14(2)22(25)15(3)12-18/h4-12,21,24-25H,1-3H3. The molecule has 0 saturated carbocycles. The van der Waals surface area contributed by atoms with Gasteiger partial charge in [-0.3, -0.25) is 0 Å². The van der Waals surface area contributed by atoms with Gasteiger partial charge in [0.15, 0.2) is 0 Å². The maximum atomic E-state index is 10.1. The lowest BCUT2D eigenvalue weighted by Crippen LogP contribution is -2.05. The van der Waals surface area contributed by atoms with Gasteiger partial charge >= 0.3 is 0 Å². The third-order valence-electron chi connectivity index (χ3n) is 4.60. The molecule has 0 aromatic heterocycles. The van der Waals surface area contributed by atoms with Gasteiger partial charge in [-0.15, -0.1) is 0 Å². The molecule has 2 nitrogen and oxygen atoms in total. The minimum absolute atomic E-state index is 0.0503. The summed E-state index contributed by atoms with van der Waals surface area (Å²) in [5.74, 6) is 0.712. The summed E-state index contributed by atoms with van der Waals surface area (Å²) in [4.78, 5) is 0. The van der Waals surface area contributed by atoms with Crippen LogP contribution in [-0.2, 0) is 0 Å². The van der Waals surface area contributed by atoms with Crippen molar-refractivity contribution < 1.29 is 10.2 Å². The average Bonchev–Trinajstić information content (AvgIpc) is 2.58. The van der Waals surface area contributed by atoms with E-state index in [1.807, 2.05) is 45.0 Å². The van der Waals surface area contributed by atoms with Crippen LogP contribution in [0.1, 0.15) is 39.3 Å². The van der Waals surface area contributed by atoms with Crippen molar-refractivity contribution in [3.05, 3.63) is 91.5 Å². The van der Waals surface area contributed by atoms with E-state index in [1.54, 1.807) is 6.07 Å². The number of phenolic OH excluding ortho intramolecular Hbond substituents is 2. The topological polar surface area (TPSA) is 40.5 Å². The molecule has 128 valence electrons. The van der Waals surface area contributed by atoms with E-state index >= 15 is 0 Å². The quantitative estimate of drug-likeness (QED) is 0.396.